The van der Waals surface area contributed by atoms with Crippen LogP contribution in [0.3, 0.4) is 0 Å². The minimum absolute atomic E-state index is 0.0196. The lowest BCUT2D eigenvalue weighted by molar-refractivity contribution is -0.172. The normalized spacial score (nSPS) is 22.3. The van der Waals surface area contributed by atoms with Crippen molar-refractivity contribution in [3.63, 3.8) is 0 Å². The second-order valence-corrected chi connectivity index (χ2v) is 10.0. The molecule has 1 saturated heterocycles. The summed E-state index contributed by atoms with van der Waals surface area (Å²) in [6.07, 6.45) is -14.4. The smallest absolute Gasteiger partial charge is 0.389 e. The Bertz CT molecular complexity index is 1040. The molecule has 1 aliphatic heterocycles. The largest absolute Gasteiger partial charge is 0.493 e. The van der Waals surface area contributed by atoms with E-state index >= 15 is 0 Å². The average Bonchev–Trinajstić information content (AvgIpc) is 2.96. The summed E-state index contributed by atoms with van der Waals surface area (Å²) in [6.45, 7) is 1.63. The number of esters is 1. The number of methoxy groups -OCH3 is 1. The van der Waals surface area contributed by atoms with Crippen molar-refractivity contribution in [3.05, 3.63) is 18.0 Å². The summed E-state index contributed by atoms with van der Waals surface area (Å²) in [5.74, 6) is -1.74. The second-order valence-electron chi connectivity index (χ2n) is 10.0. The minimum atomic E-state index is -4.41. The summed E-state index contributed by atoms with van der Waals surface area (Å²) in [5.41, 5.74) is -0.268. The van der Waals surface area contributed by atoms with Gasteiger partial charge in [0, 0.05) is 38.3 Å². The molecule has 0 aromatic carbocycles. The number of cyclic esters (lactones) is 1. The zero-order chi connectivity index (χ0) is 32.9. The Morgan fingerprint density at radius 2 is 1.75 bits per heavy atom. The number of hydrogen-bond acceptors (Lipinski definition) is 10. The number of carbonyl (C=O) groups excluding carboxylic acids is 2. The second kappa shape index (κ2) is 17.6. The van der Waals surface area contributed by atoms with Crippen LogP contribution in [-0.4, -0.2) is 92.1 Å². The minimum Gasteiger partial charge on any atom is -0.493 e. The quantitative estimate of drug-likeness (QED) is 0.122. The number of carbonyl (C=O) groups is 2. The molecule has 2 N–H and O–H groups in total. The van der Waals surface area contributed by atoms with E-state index in [-0.39, 0.29) is 62.5 Å². The lowest BCUT2D eigenvalue weighted by Gasteiger charge is -2.31. The molecule has 0 radical (unpaired) electrons. The van der Waals surface area contributed by atoms with E-state index in [4.69, 9.17) is 28.4 Å². The molecule has 1 unspecified atom stereocenters. The number of alkyl halides is 6. The predicted molar refractivity (Wildman–Crippen MR) is 140 cm³/mol. The van der Waals surface area contributed by atoms with Crippen LogP contribution >= 0.6 is 0 Å². The van der Waals surface area contributed by atoms with Crippen molar-refractivity contribution in [2.45, 2.75) is 102 Å². The number of aliphatic hydroxyl groups excluding tert-OH is 1. The summed E-state index contributed by atoms with van der Waals surface area (Å²) < 4.78 is 108. The number of aliphatic hydroxyl groups is 1. The molecule has 0 aliphatic carbocycles. The van der Waals surface area contributed by atoms with Crippen molar-refractivity contribution in [1.82, 2.24) is 10.3 Å². The lowest BCUT2D eigenvalue weighted by Crippen LogP contribution is -2.46. The van der Waals surface area contributed by atoms with Crippen molar-refractivity contribution in [3.8, 4) is 11.5 Å². The number of ether oxygens (including phenoxy) is 6. The van der Waals surface area contributed by atoms with Gasteiger partial charge in [-0.1, -0.05) is 0 Å². The number of amides is 1. The van der Waals surface area contributed by atoms with Crippen molar-refractivity contribution in [1.29, 1.82) is 0 Å². The number of aromatic nitrogens is 1. The Balaban J connectivity index is 2.18. The van der Waals surface area contributed by atoms with Gasteiger partial charge in [0.1, 0.15) is 18.2 Å². The first-order valence-corrected chi connectivity index (χ1v) is 13.9. The number of halogens is 6. The lowest BCUT2D eigenvalue weighted by atomic mass is 10.0. The Labute approximate surface area is 250 Å². The molecule has 1 aromatic heterocycles. The fourth-order valence-corrected chi connectivity index (χ4v) is 4.30. The highest BCUT2D eigenvalue weighted by molar-refractivity contribution is 5.98. The van der Waals surface area contributed by atoms with Gasteiger partial charge in [-0.25, -0.2) is 9.78 Å². The average molecular weight is 649 g/mol. The zero-order valence-corrected chi connectivity index (χ0v) is 24.5. The number of rotatable bonds is 15. The third-order valence-electron chi connectivity index (χ3n) is 6.37. The van der Waals surface area contributed by atoms with Crippen LogP contribution in [0.2, 0.25) is 0 Å². The van der Waals surface area contributed by atoms with Crippen molar-refractivity contribution < 1.29 is 69.5 Å². The fourth-order valence-electron chi connectivity index (χ4n) is 4.30. The molecule has 1 fully saturated rings. The van der Waals surface area contributed by atoms with E-state index < -0.39 is 74.5 Å². The van der Waals surface area contributed by atoms with E-state index in [1.807, 2.05) is 0 Å². The molecule has 17 heteroatoms. The third-order valence-corrected chi connectivity index (χ3v) is 6.37. The van der Waals surface area contributed by atoms with Crippen LogP contribution in [0.5, 0.6) is 11.5 Å². The van der Waals surface area contributed by atoms with Gasteiger partial charge in [-0.05, 0) is 46.0 Å². The summed E-state index contributed by atoms with van der Waals surface area (Å²) in [4.78, 5) is 30.3. The van der Waals surface area contributed by atoms with Crippen LogP contribution in [0.15, 0.2) is 12.3 Å². The maximum Gasteiger partial charge on any atom is 0.389 e. The molecule has 2 heterocycles. The van der Waals surface area contributed by atoms with E-state index in [0.29, 0.717) is 0 Å². The monoisotopic (exact) mass is 648 g/mol. The molecule has 0 bridgehead atoms. The van der Waals surface area contributed by atoms with Gasteiger partial charge in [0.25, 0.3) is 5.91 Å². The highest BCUT2D eigenvalue weighted by atomic mass is 19.4. The van der Waals surface area contributed by atoms with Gasteiger partial charge in [-0.2, -0.15) is 26.3 Å². The molecular formula is C27H38F6N2O9. The standard InChI is InChI=1S/C27H38F6N2O9/c1-16-22(41-14-6-11-27(31,32)33)20(40-13-5-10-26(28,29)30)8-4-7-18(25(38)44-16)35-24(37)21-23(43-15-42-17(2)36)19(39-3)9-12-34-21/h9,12,16-18,20,22,36H,4-8,10-11,13-15H2,1-3H3,(H,35,37)/t16-,17?,18-,20-,22-/m0/s1. The molecule has 0 spiro atoms. The molecule has 1 amide bonds. The van der Waals surface area contributed by atoms with Crippen molar-refractivity contribution >= 4 is 11.9 Å². The number of nitrogens with one attached hydrogen (secondary N) is 1. The summed E-state index contributed by atoms with van der Waals surface area (Å²) >= 11 is 0. The van der Waals surface area contributed by atoms with Gasteiger partial charge in [-0.15, -0.1) is 0 Å². The fraction of sp³-hybridized carbons (Fsp3) is 0.741. The molecule has 11 nitrogen and oxygen atoms in total. The summed E-state index contributed by atoms with van der Waals surface area (Å²) in [5, 5.41) is 11.8. The van der Waals surface area contributed by atoms with Gasteiger partial charge < -0.3 is 38.8 Å². The molecule has 2 rings (SSSR count). The first-order valence-electron chi connectivity index (χ1n) is 13.9. The molecule has 1 aliphatic rings. The number of nitrogens with zero attached hydrogens (tertiary/aromatic N) is 1. The zero-order valence-electron chi connectivity index (χ0n) is 24.5. The van der Waals surface area contributed by atoms with Gasteiger partial charge in [-0.3, -0.25) is 4.79 Å². The Morgan fingerprint density at radius 1 is 1.11 bits per heavy atom. The first-order chi connectivity index (χ1) is 20.6. The van der Waals surface area contributed by atoms with Crippen LogP contribution in [0.1, 0.15) is 69.3 Å². The van der Waals surface area contributed by atoms with Crippen LogP contribution in [0.4, 0.5) is 26.3 Å². The molecule has 252 valence electrons. The summed E-state index contributed by atoms with van der Waals surface area (Å²) in [7, 11) is 1.32. The molecular weight excluding hydrogens is 610 g/mol. The van der Waals surface area contributed by atoms with Crippen LogP contribution in [0.25, 0.3) is 0 Å². The van der Waals surface area contributed by atoms with E-state index in [0.717, 1.165) is 0 Å². The van der Waals surface area contributed by atoms with Crippen LogP contribution in [-0.2, 0) is 23.7 Å². The predicted octanol–water partition coefficient (Wildman–Crippen LogP) is 4.45. The topological polar surface area (TPSA) is 135 Å². The highest BCUT2D eigenvalue weighted by Gasteiger charge is 2.37. The number of hydrogen-bond donors (Lipinski definition) is 2. The van der Waals surface area contributed by atoms with Crippen molar-refractivity contribution in [2.24, 2.45) is 0 Å². The highest BCUT2D eigenvalue weighted by Crippen LogP contribution is 2.30. The van der Waals surface area contributed by atoms with Crippen molar-refractivity contribution in [2.75, 3.05) is 27.1 Å². The van der Waals surface area contributed by atoms with E-state index in [2.05, 4.69) is 10.3 Å². The Hall–Kier alpha value is -2.89. The molecule has 5 atom stereocenters. The van der Waals surface area contributed by atoms with E-state index in [1.165, 1.54) is 33.2 Å². The third kappa shape index (κ3) is 13.4. The van der Waals surface area contributed by atoms with Crippen LogP contribution < -0.4 is 14.8 Å². The molecule has 44 heavy (non-hydrogen) atoms. The SMILES string of the molecule is COc1ccnc(C(=O)N[C@H]2CCC[C@H](OCCCC(F)(F)F)[C@@H](OCCCC(F)(F)F)[C@H](C)OC2=O)c1OCOC(C)O. The molecule has 0 saturated carbocycles. The van der Waals surface area contributed by atoms with Gasteiger partial charge in [0.15, 0.2) is 30.3 Å². The van der Waals surface area contributed by atoms with Gasteiger partial charge in [0.2, 0.25) is 0 Å². The van der Waals surface area contributed by atoms with Crippen LogP contribution in [0, 0.1) is 0 Å². The van der Waals surface area contributed by atoms with Gasteiger partial charge >= 0.3 is 18.3 Å². The Morgan fingerprint density at radius 3 is 2.34 bits per heavy atom. The Kier molecular flexibility index (Phi) is 14.9. The number of pyridine rings is 1. The summed E-state index contributed by atoms with van der Waals surface area (Å²) in [6, 6.07) is 0.197. The van der Waals surface area contributed by atoms with E-state index in [9.17, 15) is 41.0 Å². The van der Waals surface area contributed by atoms with E-state index in [1.54, 1.807) is 0 Å². The maximum absolute atomic E-state index is 13.2. The maximum atomic E-state index is 13.2. The van der Waals surface area contributed by atoms with Gasteiger partial charge in [0.05, 0.1) is 13.2 Å². The first kappa shape index (κ1) is 37.3. The molecule has 1 aromatic rings.